The number of carbonyl (C=O) groups excluding carboxylic acids is 1. The van der Waals surface area contributed by atoms with Gasteiger partial charge >= 0.3 is 10.2 Å². The molecule has 0 aliphatic carbocycles. The smallest absolute Gasteiger partial charge is 0.307 e. The molecule has 0 N–H and O–H groups in total. The van der Waals surface area contributed by atoms with Crippen LogP contribution in [0.2, 0.25) is 5.02 Å². The predicted octanol–water partition coefficient (Wildman–Crippen LogP) is 2.19. The van der Waals surface area contributed by atoms with Crippen molar-refractivity contribution in [2.75, 3.05) is 11.4 Å². The average molecular weight is 310 g/mol. The van der Waals surface area contributed by atoms with Crippen LogP contribution in [-0.2, 0) is 15.0 Å². The topological polar surface area (TPSA) is 54.5 Å². The molecule has 0 spiro atoms. The molecule has 2 rings (SSSR count). The highest BCUT2D eigenvalue weighted by molar-refractivity contribution is 7.87. The first-order valence-electron chi connectivity index (χ1n) is 5.39. The SMILES string of the molecule is Cc1cc(N2CC(S(=O)(=O)F)CC2=O)c(Cl)cc1F. The van der Waals surface area contributed by atoms with Crippen molar-refractivity contribution >= 4 is 33.4 Å². The maximum absolute atomic E-state index is 13.3. The van der Waals surface area contributed by atoms with E-state index in [-0.39, 0.29) is 22.8 Å². The van der Waals surface area contributed by atoms with Gasteiger partial charge in [-0.3, -0.25) is 4.79 Å². The second-order valence-electron chi connectivity index (χ2n) is 4.36. The lowest BCUT2D eigenvalue weighted by Gasteiger charge is -2.18. The van der Waals surface area contributed by atoms with Crippen LogP contribution in [0.5, 0.6) is 0 Å². The summed E-state index contributed by atoms with van der Waals surface area (Å²) in [6.45, 7) is 1.17. The molecule has 1 saturated heterocycles. The van der Waals surface area contributed by atoms with E-state index in [9.17, 15) is 21.5 Å². The van der Waals surface area contributed by atoms with Gasteiger partial charge in [0.1, 0.15) is 11.1 Å². The number of amides is 1. The van der Waals surface area contributed by atoms with Gasteiger partial charge in [0, 0.05) is 13.0 Å². The quantitative estimate of drug-likeness (QED) is 0.787. The average Bonchev–Trinajstić information content (AvgIpc) is 2.65. The van der Waals surface area contributed by atoms with Gasteiger partial charge in [-0.2, -0.15) is 8.42 Å². The molecule has 0 aromatic heterocycles. The molecule has 4 nitrogen and oxygen atoms in total. The van der Waals surface area contributed by atoms with Gasteiger partial charge in [-0.05, 0) is 24.6 Å². The molecule has 0 saturated carbocycles. The van der Waals surface area contributed by atoms with Crippen molar-refractivity contribution in [1.29, 1.82) is 0 Å². The highest BCUT2D eigenvalue weighted by Crippen LogP contribution is 2.33. The predicted molar refractivity (Wildman–Crippen MR) is 66.9 cm³/mol. The van der Waals surface area contributed by atoms with Crippen LogP contribution in [0, 0.1) is 12.7 Å². The van der Waals surface area contributed by atoms with Crippen molar-refractivity contribution < 1.29 is 21.5 Å². The first kappa shape index (κ1) is 14.2. The van der Waals surface area contributed by atoms with E-state index in [1.165, 1.54) is 13.0 Å². The Kier molecular flexibility index (Phi) is 3.53. The van der Waals surface area contributed by atoms with Crippen molar-refractivity contribution in [2.45, 2.75) is 18.6 Å². The summed E-state index contributed by atoms with van der Waals surface area (Å²) in [6, 6.07) is 2.37. The van der Waals surface area contributed by atoms with E-state index < -0.39 is 33.6 Å². The first-order chi connectivity index (χ1) is 8.70. The fourth-order valence-corrected chi connectivity index (χ4v) is 2.87. The van der Waals surface area contributed by atoms with Crippen LogP contribution in [0.15, 0.2) is 12.1 Å². The van der Waals surface area contributed by atoms with Gasteiger partial charge in [-0.25, -0.2) is 4.39 Å². The largest absolute Gasteiger partial charge is 0.309 e. The molecule has 1 aromatic carbocycles. The molecule has 1 aromatic rings. The summed E-state index contributed by atoms with van der Waals surface area (Å²) in [6.07, 6.45) is -0.439. The highest BCUT2D eigenvalue weighted by Gasteiger charge is 2.39. The van der Waals surface area contributed by atoms with E-state index in [4.69, 9.17) is 11.6 Å². The zero-order valence-corrected chi connectivity index (χ0v) is 11.4. The van der Waals surface area contributed by atoms with Gasteiger partial charge in [-0.15, -0.1) is 3.89 Å². The van der Waals surface area contributed by atoms with E-state index in [0.29, 0.717) is 0 Å². The minimum absolute atomic E-state index is 0.0200. The summed E-state index contributed by atoms with van der Waals surface area (Å²) in [7, 11) is -4.79. The zero-order valence-electron chi connectivity index (χ0n) is 9.86. The number of anilines is 1. The maximum atomic E-state index is 13.3. The summed E-state index contributed by atoms with van der Waals surface area (Å²) in [5.41, 5.74) is 0.454. The summed E-state index contributed by atoms with van der Waals surface area (Å²) in [5, 5.41) is -1.42. The van der Waals surface area contributed by atoms with E-state index in [2.05, 4.69) is 0 Å². The maximum Gasteiger partial charge on any atom is 0.307 e. The van der Waals surface area contributed by atoms with Gasteiger partial charge in [0.25, 0.3) is 0 Å². The van der Waals surface area contributed by atoms with Crippen LogP contribution in [0.25, 0.3) is 0 Å². The van der Waals surface area contributed by atoms with Crippen molar-refractivity contribution in [3.63, 3.8) is 0 Å². The third-order valence-electron chi connectivity index (χ3n) is 3.01. The second-order valence-corrected chi connectivity index (χ2v) is 6.38. The van der Waals surface area contributed by atoms with Crippen molar-refractivity contribution in [3.05, 3.63) is 28.5 Å². The molecule has 1 aliphatic heterocycles. The van der Waals surface area contributed by atoms with Crippen LogP contribution in [0.1, 0.15) is 12.0 Å². The van der Waals surface area contributed by atoms with Gasteiger partial charge < -0.3 is 4.90 Å². The number of hydrogen-bond acceptors (Lipinski definition) is 3. The molecule has 1 unspecified atom stereocenters. The fourth-order valence-electron chi connectivity index (χ4n) is 1.95. The van der Waals surface area contributed by atoms with E-state index in [0.717, 1.165) is 11.0 Å². The van der Waals surface area contributed by atoms with Gasteiger partial charge in [0.05, 0.1) is 10.7 Å². The van der Waals surface area contributed by atoms with Crippen LogP contribution < -0.4 is 4.90 Å². The Morgan fingerprint density at radius 2 is 2.05 bits per heavy atom. The number of carbonyl (C=O) groups is 1. The fraction of sp³-hybridized carbons (Fsp3) is 0.364. The zero-order chi connectivity index (χ0) is 14.4. The molecule has 1 amide bonds. The van der Waals surface area contributed by atoms with Gasteiger partial charge in [-0.1, -0.05) is 11.6 Å². The van der Waals surface area contributed by atoms with Gasteiger partial charge in [0.15, 0.2) is 0 Å². The molecular formula is C11H10ClF2NO3S. The number of nitrogens with zero attached hydrogens (tertiary/aromatic N) is 1. The molecule has 104 valence electrons. The lowest BCUT2D eigenvalue weighted by Crippen LogP contribution is -2.27. The number of halogens is 3. The van der Waals surface area contributed by atoms with Crippen molar-refractivity contribution in [2.24, 2.45) is 0 Å². The van der Waals surface area contributed by atoms with Gasteiger partial charge in [0.2, 0.25) is 5.91 Å². The Balaban J connectivity index is 2.39. The third kappa shape index (κ3) is 2.71. The minimum atomic E-state index is -4.79. The molecule has 1 fully saturated rings. The number of rotatable bonds is 2. The molecular weight excluding hydrogens is 300 g/mol. The Bertz CT molecular complexity index is 648. The monoisotopic (exact) mass is 309 g/mol. The molecule has 1 heterocycles. The summed E-state index contributed by atoms with van der Waals surface area (Å²) >= 11 is 5.83. The molecule has 0 bridgehead atoms. The van der Waals surface area contributed by atoms with Crippen LogP contribution >= 0.6 is 11.6 Å². The van der Waals surface area contributed by atoms with E-state index in [1.54, 1.807) is 0 Å². The molecule has 1 aliphatic rings. The molecule has 8 heteroatoms. The Morgan fingerprint density at radius 3 is 2.58 bits per heavy atom. The number of hydrogen-bond donors (Lipinski definition) is 0. The number of aryl methyl sites for hydroxylation is 1. The first-order valence-corrected chi connectivity index (χ1v) is 7.22. The Hall–Kier alpha value is -1.21. The van der Waals surface area contributed by atoms with Crippen LogP contribution in [-0.4, -0.2) is 26.1 Å². The Labute approximate surface area is 114 Å². The molecule has 1 atom stereocenters. The summed E-state index contributed by atoms with van der Waals surface area (Å²) in [5.74, 6) is -1.09. The normalized spacial score (nSPS) is 20.1. The highest BCUT2D eigenvalue weighted by atomic mass is 35.5. The lowest BCUT2D eigenvalue weighted by molar-refractivity contribution is -0.117. The lowest BCUT2D eigenvalue weighted by atomic mass is 10.2. The van der Waals surface area contributed by atoms with E-state index in [1.807, 2.05) is 0 Å². The van der Waals surface area contributed by atoms with Crippen LogP contribution in [0.4, 0.5) is 14.0 Å². The Morgan fingerprint density at radius 1 is 1.42 bits per heavy atom. The molecule has 19 heavy (non-hydrogen) atoms. The standard InChI is InChI=1S/C11H10ClF2NO3S/c1-6-2-10(8(12)4-9(6)13)15-5-7(3-11(15)16)19(14,17)18/h2,4,7H,3,5H2,1H3. The van der Waals surface area contributed by atoms with Crippen molar-refractivity contribution in [1.82, 2.24) is 0 Å². The molecule has 0 radical (unpaired) electrons. The second kappa shape index (κ2) is 4.72. The summed E-state index contributed by atoms with van der Waals surface area (Å²) in [4.78, 5) is 12.8. The van der Waals surface area contributed by atoms with E-state index >= 15 is 0 Å². The minimum Gasteiger partial charge on any atom is -0.309 e. The van der Waals surface area contributed by atoms with Crippen molar-refractivity contribution in [3.8, 4) is 0 Å². The third-order valence-corrected chi connectivity index (χ3v) is 4.42. The summed E-state index contributed by atoms with van der Waals surface area (Å²) < 4.78 is 47.8. The van der Waals surface area contributed by atoms with Crippen LogP contribution in [0.3, 0.4) is 0 Å². The number of benzene rings is 1.